The van der Waals surface area contributed by atoms with Gasteiger partial charge >= 0.3 is 0 Å². The monoisotopic (exact) mass is 662 g/mol. The maximum Gasteiger partial charge on any atom is 0.157 e. The van der Waals surface area contributed by atoms with Gasteiger partial charge in [-0.05, 0) is 73.2 Å². The molecule has 4 aromatic rings. The van der Waals surface area contributed by atoms with Gasteiger partial charge in [0.05, 0.1) is 18.1 Å². The molecule has 5 heterocycles. The molecular formula is C42H46N8. The molecule has 254 valence electrons. The Morgan fingerprint density at radius 3 is 1.38 bits per heavy atom. The molecule has 6 aliphatic rings. The summed E-state index contributed by atoms with van der Waals surface area (Å²) >= 11 is 0. The van der Waals surface area contributed by atoms with Crippen molar-refractivity contribution in [2.75, 3.05) is 9.80 Å². The van der Waals surface area contributed by atoms with Crippen molar-refractivity contribution in [2.24, 2.45) is 10.2 Å². The second kappa shape index (κ2) is 10.3. The van der Waals surface area contributed by atoms with E-state index in [1.54, 1.807) is 0 Å². The Morgan fingerprint density at radius 1 is 0.520 bits per heavy atom. The molecule has 0 bridgehead atoms. The number of piperazine rings is 1. The first-order valence-electron chi connectivity index (χ1n) is 18.3. The zero-order valence-corrected chi connectivity index (χ0v) is 29.8. The standard InChI is InChI=1S/C42H46N8/c1-25-43-45-39-40-46-44-26(2)48(40)38-36(47(25)39)23-27(49-32-19-11-7-15-28(32)41(3,4)29-16-8-12-20-33(29)49)24-37(38)50-34-21-13-9-17-30(34)42(5,6)31-18-10-14-22-35(31)50/h7-22,27,36-40,45-46H,23-24H2,1-6H3. The third-order valence-electron chi connectivity index (χ3n) is 12.9. The maximum absolute atomic E-state index is 4.88. The number of anilines is 4. The molecule has 2 N–H and O–H groups in total. The van der Waals surface area contributed by atoms with E-state index >= 15 is 0 Å². The second-order valence-corrected chi connectivity index (χ2v) is 16.1. The van der Waals surface area contributed by atoms with Crippen molar-refractivity contribution in [3.8, 4) is 0 Å². The van der Waals surface area contributed by atoms with E-state index in [-0.39, 0.29) is 47.3 Å². The first-order valence-corrected chi connectivity index (χ1v) is 18.3. The fourth-order valence-electron chi connectivity index (χ4n) is 10.7. The summed E-state index contributed by atoms with van der Waals surface area (Å²) < 4.78 is 0. The molecule has 6 unspecified atom stereocenters. The number of benzene rings is 4. The average molecular weight is 663 g/mol. The van der Waals surface area contributed by atoms with Gasteiger partial charge in [-0.1, -0.05) is 100 Å². The SMILES string of the molecule is CC1=NNC2C3NN=C(C)N3C3C(N4c5ccccc5C(C)(C)c5ccccc54)CC(N4c5ccccc5C(C)(C)c5ccccc54)CC3N12. The summed E-state index contributed by atoms with van der Waals surface area (Å²) in [6.45, 7) is 13.9. The fourth-order valence-corrected chi connectivity index (χ4v) is 10.7. The van der Waals surface area contributed by atoms with Crippen LogP contribution in [-0.2, 0) is 10.8 Å². The highest BCUT2D eigenvalue weighted by molar-refractivity contribution is 5.86. The smallest absolute Gasteiger partial charge is 0.157 e. The molecule has 8 heteroatoms. The van der Waals surface area contributed by atoms with Gasteiger partial charge in [0.2, 0.25) is 0 Å². The minimum atomic E-state index is -0.123. The van der Waals surface area contributed by atoms with Gasteiger partial charge in [0.15, 0.2) is 12.3 Å². The Bertz CT molecular complexity index is 2000. The van der Waals surface area contributed by atoms with Crippen LogP contribution >= 0.6 is 0 Å². The Labute approximate surface area is 295 Å². The third-order valence-corrected chi connectivity index (χ3v) is 12.9. The van der Waals surface area contributed by atoms with E-state index in [1.807, 2.05) is 0 Å². The fraction of sp³-hybridized carbons (Fsp3) is 0.381. The number of para-hydroxylation sites is 4. The molecule has 0 spiro atoms. The van der Waals surface area contributed by atoms with Crippen LogP contribution < -0.4 is 20.7 Å². The largest absolute Gasteiger partial charge is 0.338 e. The Morgan fingerprint density at radius 2 is 0.900 bits per heavy atom. The molecule has 1 saturated heterocycles. The number of nitrogens with one attached hydrogen (secondary N) is 2. The van der Waals surface area contributed by atoms with Gasteiger partial charge in [0.25, 0.3) is 0 Å². The summed E-state index contributed by atoms with van der Waals surface area (Å²) in [5, 5.41) is 9.74. The van der Waals surface area contributed by atoms with Crippen LogP contribution in [0.4, 0.5) is 22.7 Å². The molecule has 50 heavy (non-hydrogen) atoms. The van der Waals surface area contributed by atoms with Gasteiger partial charge < -0.3 is 19.6 Å². The lowest BCUT2D eigenvalue weighted by molar-refractivity contribution is -0.0220. The lowest BCUT2D eigenvalue weighted by Gasteiger charge is -2.61. The van der Waals surface area contributed by atoms with E-state index in [0.717, 1.165) is 24.5 Å². The zero-order chi connectivity index (χ0) is 34.1. The van der Waals surface area contributed by atoms with E-state index < -0.39 is 0 Å². The highest BCUT2D eigenvalue weighted by Crippen LogP contribution is 2.55. The quantitative estimate of drug-likeness (QED) is 0.234. The minimum Gasteiger partial charge on any atom is -0.338 e. The van der Waals surface area contributed by atoms with Crippen molar-refractivity contribution < 1.29 is 0 Å². The van der Waals surface area contributed by atoms with Crippen molar-refractivity contribution in [3.05, 3.63) is 119 Å². The van der Waals surface area contributed by atoms with Gasteiger partial charge in [-0.15, -0.1) is 0 Å². The molecule has 6 atom stereocenters. The Balaban J connectivity index is 1.21. The number of fused-ring (bicyclic) bond motifs is 10. The summed E-state index contributed by atoms with van der Waals surface area (Å²) in [5.41, 5.74) is 17.6. The summed E-state index contributed by atoms with van der Waals surface area (Å²) in [6.07, 6.45) is 1.96. The van der Waals surface area contributed by atoms with Crippen molar-refractivity contribution in [3.63, 3.8) is 0 Å². The highest BCUT2D eigenvalue weighted by atomic mass is 15.6. The summed E-state index contributed by atoms with van der Waals surface area (Å²) in [6, 6.07) is 37.2. The van der Waals surface area contributed by atoms with E-state index in [0.29, 0.717) is 0 Å². The van der Waals surface area contributed by atoms with Gasteiger partial charge in [-0.2, -0.15) is 10.2 Å². The normalized spacial score (nSPS) is 29.2. The molecule has 4 aromatic carbocycles. The molecule has 0 amide bonds. The number of hydrogen-bond acceptors (Lipinski definition) is 8. The van der Waals surface area contributed by atoms with Gasteiger partial charge in [0.1, 0.15) is 11.7 Å². The van der Waals surface area contributed by atoms with Gasteiger partial charge in [-0.3, -0.25) is 10.9 Å². The number of amidine groups is 2. The zero-order valence-electron chi connectivity index (χ0n) is 29.8. The second-order valence-electron chi connectivity index (χ2n) is 16.1. The van der Waals surface area contributed by atoms with Crippen molar-refractivity contribution >= 4 is 34.4 Å². The van der Waals surface area contributed by atoms with Crippen molar-refractivity contribution in [1.82, 2.24) is 20.7 Å². The number of hydrazone groups is 2. The molecule has 8 nitrogen and oxygen atoms in total. The molecule has 10 rings (SSSR count). The van der Waals surface area contributed by atoms with E-state index in [1.165, 1.54) is 45.0 Å². The highest BCUT2D eigenvalue weighted by Gasteiger charge is 2.60. The molecular weight excluding hydrogens is 617 g/mol. The molecule has 2 fully saturated rings. The Hall–Kier alpha value is -4.98. The van der Waals surface area contributed by atoms with Gasteiger partial charge in [0, 0.05) is 39.6 Å². The molecule has 1 aliphatic carbocycles. The number of hydrogen-bond donors (Lipinski definition) is 2. The van der Waals surface area contributed by atoms with Crippen LogP contribution in [0.2, 0.25) is 0 Å². The third kappa shape index (κ3) is 3.82. The van der Waals surface area contributed by atoms with Crippen LogP contribution in [0.1, 0.15) is 76.6 Å². The van der Waals surface area contributed by atoms with Crippen LogP contribution in [0, 0.1) is 0 Å². The molecule has 0 radical (unpaired) electrons. The van der Waals surface area contributed by atoms with Crippen LogP contribution in [0.3, 0.4) is 0 Å². The lowest BCUT2D eigenvalue weighted by Crippen LogP contribution is -2.77. The first kappa shape index (κ1) is 29.9. The van der Waals surface area contributed by atoms with Crippen molar-refractivity contribution in [1.29, 1.82) is 0 Å². The van der Waals surface area contributed by atoms with Crippen LogP contribution in [-0.4, -0.2) is 58.0 Å². The van der Waals surface area contributed by atoms with Crippen molar-refractivity contribution in [2.45, 2.75) is 102 Å². The predicted molar refractivity (Wildman–Crippen MR) is 202 cm³/mol. The average Bonchev–Trinajstić information content (AvgIpc) is 3.71. The summed E-state index contributed by atoms with van der Waals surface area (Å²) in [5.74, 6) is 2.10. The first-order chi connectivity index (χ1) is 24.2. The molecule has 0 aromatic heterocycles. The molecule has 1 saturated carbocycles. The van der Waals surface area contributed by atoms with E-state index in [4.69, 9.17) is 10.2 Å². The van der Waals surface area contributed by atoms with Crippen LogP contribution in [0.15, 0.2) is 107 Å². The topological polar surface area (TPSA) is 61.7 Å². The summed E-state index contributed by atoms with van der Waals surface area (Å²) in [4.78, 5) is 10.6. The van der Waals surface area contributed by atoms with E-state index in [9.17, 15) is 0 Å². The van der Waals surface area contributed by atoms with Crippen LogP contribution in [0.5, 0.6) is 0 Å². The Kier molecular flexibility index (Phi) is 6.15. The maximum atomic E-state index is 4.88. The van der Waals surface area contributed by atoms with Gasteiger partial charge in [-0.25, -0.2) is 0 Å². The summed E-state index contributed by atoms with van der Waals surface area (Å²) in [7, 11) is 0. The number of rotatable bonds is 2. The van der Waals surface area contributed by atoms with Crippen LogP contribution in [0.25, 0.3) is 0 Å². The van der Waals surface area contributed by atoms with E-state index in [2.05, 4.69) is 169 Å². The molecule has 5 aliphatic heterocycles. The lowest BCUT2D eigenvalue weighted by atomic mass is 9.70. The predicted octanol–water partition coefficient (Wildman–Crippen LogP) is 7.35. The minimum absolute atomic E-state index is 0.00317. The number of nitrogens with zero attached hydrogens (tertiary/aromatic N) is 6.